The van der Waals surface area contributed by atoms with Crippen LogP contribution in [0.1, 0.15) is 31.3 Å². The number of rotatable bonds is 4. The van der Waals surface area contributed by atoms with Gasteiger partial charge in [0, 0.05) is 10.9 Å². The van der Waals surface area contributed by atoms with Crippen LogP contribution in [-0.4, -0.2) is 32.2 Å². The lowest BCUT2D eigenvalue weighted by Crippen LogP contribution is -2.27. The molecular formula is C17H18N4O4. The van der Waals surface area contributed by atoms with Crippen LogP contribution >= 0.6 is 0 Å². The number of carbonyl (C=O) groups excluding carboxylic acids is 2. The van der Waals surface area contributed by atoms with Crippen molar-refractivity contribution in [2.45, 2.75) is 32.9 Å². The van der Waals surface area contributed by atoms with E-state index in [1.807, 2.05) is 0 Å². The number of fused-ring (bicyclic) bond motifs is 1. The average molecular weight is 342 g/mol. The maximum absolute atomic E-state index is 12.1. The minimum Gasteiger partial charge on any atom is -0.459 e. The normalized spacial score (nSPS) is 11.6. The number of benzene rings is 1. The molecule has 0 radical (unpaired) electrons. The molecular weight excluding hydrogens is 324 g/mol. The molecule has 25 heavy (non-hydrogen) atoms. The Labute approximate surface area is 143 Å². The Bertz CT molecular complexity index is 936. The molecule has 3 aromatic rings. The van der Waals surface area contributed by atoms with E-state index in [4.69, 9.17) is 14.9 Å². The highest BCUT2D eigenvalue weighted by atomic mass is 16.6. The van der Waals surface area contributed by atoms with Gasteiger partial charge in [-0.15, -0.1) is 0 Å². The second-order valence-corrected chi connectivity index (χ2v) is 6.53. The van der Waals surface area contributed by atoms with Crippen molar-refractivity contribution >= 4 is 22.8 Å². The third-order valence-corrected chi connectivity index (χ3v) is 3.36. The topological polar surface area (TPSA) is 113 Å². The fraction of sp³-hybridized carbons (Fsp3) is 0.294. The quantitative estimate of drug-likeness (QED) is 0.727. The van der Waals surface area contributed by atoms with Gasteiger partial charge in [-0.2, -0.15) is 5.10 Å². The third kappa shape index (κ3) is 3.52. The standard InChI is InChI=1S/C17H18N4O4/c1-17(2,3)25-13(22)9-21-12-5-4-10(16-19-6-7-24-16)8-11(12)14(20-21)15(18)23/h4-8H,9H2,1-3H3,(H2,18,23). The molecule has 3 rings (SSSR count). The van der Waals surface area contributed by atoms with Crippen molar-refractivity contribution in [3.8, 4) is 11.5 Å². The summed E-state index contributed by atoms with van der Waals surface area (Å²) in [7, 11) is 0. The van der Waals surface area contributed by atoms with Crippen LogP contribution in [0.4, 0.5) is 0 Å². The first-order valence-electron chi connectivity index (χ1n) is 7.67. The first kappa shape index (κ1) is 16.7. The lowest BCUT2D eigenvalue weighted by atomic mass is 10.1. The number of esters is 1. The highest BCUT2D eigenvalue weighted by molar-refractivity contribution is 6.05. The van der Waals surface area contributed by atoms with E-state index in [9.17, 15) is 9.59 Å². The molecule has 1 aromatic carbocycles. The fourth-order valence-electron chi connectivity index (χ4n) is 2.48. The van der Waals surface area contributed by atoms with Crippen molar-refractivity contribution < 1.29 is 18.7 Å². The Kier molecular flexibility index (Phi) is 4.03. The first-order chi connectivity index (χ1) is 11.7. The molecule has 0 saturated heterocycles. The van der Waals surface area contributed by atoms with Gasteiger partial charge >= 0.3 is 5.97 Å². The van der Waals surface area contributed by atoms with Crippen LogP contribution < -0.4 is 5.73 Å². The maximum Gasteiger partial charge on any atom is 0.328 e. The highest BCUT2D eigenvalue weighted by Crippen LogP contribution is 2.26. The fourth-order valence-corrected chi connectivity index (χ4v) is 2.48. The Balaban J connectivity index is 2.03. The van der Waals surface area contributed by atoms with E-state index >= 15 is 0 Å². The van der Waals surface area contributed by atoms with Crippen molar-refractivity contribution in [2.75, 3.05) is 0 Å². The molecule has 2 aromatic heterocycles. The van der Waals surface area contributed by atoms with Gasteiger partial charge in [-0.3, -0.25) is 14.3 Å². The van der Waals surface area contributed by atoms with Crippen LogP contribution in [-0.2, 0) is 16.1 Å². The molecule has 2 N–H and O–H groups in total. The number of aromatic nitrogens is 3. The van der Waals surface area contributed by atoms with Gasteiger partial charge in [-0.25, -0.2) is 4.98 Å². The molecule has 130 valence electrons. The van der Waals surface area contributed by atoms with Crippen molar-refractivity contribution in [3.63, 3.8) is 0 Å². The van der Waals surface area contributed by atoms with Crippen molar-refractivity contribution in [3.05, 3.63) is 36.4 Å². The number of hydrogen-bond acceptors (Lipinski definition) is 6. The summed E-state index contributed by atoms with van der Waals surface area (Å²) in [5.74, 6) is -0.723. The number of hydrogen-bond donors (Lipinski definition) is 1. The van der Waals surface area contributed by atoms with Gasteiger partial charge in [0.05, 0.1) is 11.7 Å². The van der Waals surface area contributed by atoms with E-state index in [0.29, 0.717) is 22.4 Å². The molecule has 0 aliphatic rings. The number of oxazole rings is 1. The largest absolute Gasteiger partial charge is 0.459 e. The molecule has 0 unspecified atom stereocenters. The van der Waals surface area contributed by atoms with E-state index in [0.717, 1.165) is 0 Å². The van der Waals surface area contributed by atoms with Crippen molar-refractivity contribution in [2.24, 2.45) is 5.73 Å². The smallest absolute Gasteiger partial charge is 0.328 e. The second-order valence-electron chi connectivity index (χ2n) is 6.53. The van der Waals surface area contributed by atoms with E-state index in [2.05, 4.69) is 10.1 Å². The molecule has 0 saturated carbocycles. The lowest BCUT2D eigenvalue weighted by molar-refractivity contribution is -0.155. The summed E-state index contributed by atoms with van der Waals surface area (Å²) in [5, 5.41) is 4.69. The monoisotopic (exact) mass is 342 g/mol. The number of ether oxygens (including phenoxy) is 1. The third-order valence-electron chi connectivity index (χ3n) is 3.36. The highest BCUT2D eigenvalue weighted by Gasteiger charge is 2.21. The summed E-state index contributed by atoms with van der Waals surface area (Å²) in [6.07, 6.45) is 2.99. The number of carbonyl (C=O) groups is 2. The summed E-state index contributed by atoms with van der Waals surface area (Å²) in [5.41, 5.74) is 6.16. The molecule has 0 aliphatic heterocycles. The average Bonchev–Trinajstić information content (AvgIpc) is 3.13. The summed E-state index contributed by atoms with van der Waals surface area (Å²) >= 11 is 0. The van der Waals surface area contributed by atoms with Gasteiger partial charge in [-0.05, 0) is 39.0 Å². The number of nitrogens with zero attached hydrogens (tertiary/aromatic N) is 3. The molecule has 0 aliphatic carbocycles. The Hall–Kier alpha value is -3.16. The van der Waals surface area contributed by atoms with Crippen LogP contribution in [0, 0.1) is 0 Å². The molecule has 0 spiro atoms. The maximum atomic E-state index is 12.1. The molecule has 2 heterocycles. The molecule has 0 bridgehead atoms. The summed E-state index contributed by atoms with van der Waals surface area (Å²) in [4.78, 5) is 27.9. The molecule has 8 nitrogen and oxygen atoms in total. The minimum absolute atomic E-state index is 0.0759. The first-order valence-corrected chi connectivity index (χ1v) is 7.67. The van der Waals surface area contributed by atoms with Gasteiger partial charge < -0.3 is 14.9 Å². The molecule has 0 atom stereocenters. The second kappa shape index (κ2) is 6.04. The van der Waals surface area contributed by atoms with Crippen LogP contribution in [0.3, 0.4) is 0 Å². The zero-order chi connectivity index (χ0) is 18.2. The molecule has 8 heteroatoms. The number of amides is 1. The Morgan fingerprint density at radius 3 is 2.68 bits per heavy atom. The van der Waals surface area contributed by atoms with Gasteiger partial charge in [0.25, 0.3) is 5.91 Å². The van der Waals surface area contributed by atoms with Gasteiger partial charge in [0.15, 0.2) is 5.69 Å². The minimum atomic E-state index is -0.683. The van der Waals surface area contributed by atoms with E-state index in [-0.39, 0.29) is 12.2 Å². The SMILES string of the molecule is CC(C)(C)OC(=O)Cn1nc(C(N)=O)c2cc(-c3ncco3)ccc21. The van der Waals surface area contributed by atoms with Crippen LogP contribution in [0.25, 0.3) is 22.4 Å². The van der Waals surface area contributed by atoms with Gasteiger partial charge in [0.1, 0.15) is 18.4 Å². The predicted molar refractivity (Wildman–Crippen MR) is 89.6 cm³/mol. The van der Waals surface area contributed by atoms with Crippen molar-refractivity contribution in [1.29, 1.82) is 0 Å². The van der Waals surface area contributed by atoms with E-state index in [1.165, 1.54) is 17.1 Å². The number of nitrogens with two attached hydrogens (primary N) is 1. The van der Waals surface area contributed by atoms with Crippen LogP contribution in [0.15, 0.2) is 35.1 Å². The summed E-state index contributed by atoms with van der Waals surface area (Å²) in [6.45, 7) is 5.22. The summed E-state index contributed by atoms with van der Waals surface area (Å²) < 4.78 is 12.0. The van der Waals surface area contributed by atoms with Crippen LogP contribution in [0.2, 0.25) is 0 Å². The predicted octanol–water partition coefficient (Wildman–Crippen LogP) is 2.13. The van der Waals surface area contributed by atoms with E-state index < -0.39 is 17.5 Å². The zero-order valence-corrected chi connectivity index (χ0v) is 14.1. The summed E-state index contributed by atoms with van der Waals surface area (Å²) in [6, 6.07) is 5.21. The van der Waals surface area contributed by atoms with Gasteiger partial charge in [-0.1, -0.05) is 0 Å². The van der Waals surface area contributed by atoms with E-state index in [1.54, 1.807) is 39.0 Å². The molecule has 1 amide bonds. The lowest BCUT2D eigenvalue weighted by Gasteiger charge is -2.19. The molecule has 0 fully saturated rings. The van der Waals surface area contributed by atoms with Crippen LogP contribution in [0.5, 0.6) is 0 Å². The van der Waals surface area contributed by atoms with Crippen molar-refractivity contribution in [1.82, 2.24) is 14.8 Å². The van der Waals surface area contributed by atoms with Gasteiger partial charge in [0.2, 0.25) is 5.89 Å². The number of primary amides is 1. The Morgan fingerprint density at radius 1 is 1.32 bits per heavy atom. The zero-order valence-electron chi connectivity index (χ0n) is 14.1. The Morgan fingerprint density at radius 2 is 2.08 bits per heavy atom.